The third-order valence-electron chi connectivity index (χ3n) is 4.82. The van der Waals surface area contributed by atoms with Crippen LogP contribution in [0.5, 0.6) is 11.5 Å². The highest BCUT2D eigenvalue weighted by molar-refractivity contribution is 14.0. The van der Waals surface area contributed by atoms with E-state index in [0.717, 1.165) is 18.7 Å². The Kier molecular flexibility index (Phi) is 10.2. The van der Waals surface area contributed by atoms with Crippen LogP contribution in [0, 0.1) is 5.92 Å². The molecule has 0 bridgehead atoms. The quantitative estimate of drug-likeness (QED) is 0.334. The van der Waals surface area contributed by atoms with Gasteiger partial charge in [0.05, 0.1) is 7.11 Å². The molecule has 2 unspecified atom stereocenters. The van der Waals surface area contributed by atoms with Gasteiger partial charge in [0.1, 0.15) is 0 Å². The van der Waals surface area contributed by atoms with Crippen molar-refractivity contribution < 1.29 is 18.3 Å². The summed E-state index contributed by atoms with van der Waals surface area (Å²) < 4.78 is 34.7. The first-order chi connectivity index (χ1) is 12.8. The molecule has 9 heteroatoms. The second kappa shape index (κ2) is 11.6. The molecule has 1 aliphatic heterocycles. The number of nitrogens with zero attached hydrogens (tertiary/aromatic N) is 2. The van der Waals surface area contributed by atoms with Crippen LogP contribution in [0.2, 0.25) is 0 Å². The van der Waals surface area contributed by atoms with Gasteiger partial charge in [-0.25, -0.2) is 0 Å². The molecule has 0 radical (unpaired) electrons. The summed E-state index contributed by atoms with van der Waals surface area (Å²) in [6, 6.07) is 5.79. The zero-order chi connectivity index (χ0) is 20.0. The van der Waals surface area contributed by atoms with E-state index in [9.17, 15) is 8.78 Å². The Morgan fingerprint density at radius 3 is 2.54 bits per heavy atom. The number of guanidine groups is 1. The molecule has 1 aromatic rings. The average Bonchev–Trinajstić information content (AvgIpc) is 2.99. The Hall–Kier alpha value is -1.36. The predicted molar refractivity (Wildman–Crippen MR) is 118 cm³/mol. The van der Waals surface area contributed by atoms with Crippen LogP contribution in [0.4, 0.5) is 8.78 Å². The first kappa shape index (κ1) is 24.7. The molecule has 0 amide bonds. The van der Waals surface area contributed by atoms with E-state index in [0.29, 0.717) is 30.5 Å². The van der Waals surface area contributed by atoms with E-state index in [1.807, 2.05) is 0 Å². The van der Waals surface area contributed by atoms with Gasteiger partial charge in [-0.2, -0.15) is 8.78 Å². The number of rotatable bonds is 7. The Bertz CT molecular complexity index is 646. The van der Waals surface area contributed by atoms with Crippen LogP contribution in [0.1, 0.15) is 26.3 Å². The predicted octanol–water partition coefficient (Wildman–Crippen LogP) is 3.31. The van der Waals surface area contributed by atoms with Crippen molar-refractivity contribution in [2.24, 2.45) is 10.9 Å². The van der Waals surface area contributed by atoms with Crippen LogP contribution < -0.4 is 20.1 Å². The lowest BCUT2D eigenvalue weighted by Gasteiger charge is -2.22. The summed E-state index contributed by atoms with van der Waals surface area (Å²) in [5.74, 6) is 1.49. The number of ether oxygens (including phenoxy) is 2. The number of halogens is 3. The van der Waals surface area contributed by atoms with Crippen molar-refractivity contribution in [1.82, 2.24) is 15.5 Å². The topological polar surface area (TPSA) is 58.1 Å². The van der Waals surface area contributed by atoms with Crippen molar-refractivity contribution in [2.75, 3.05) is 27.2 Å². The summed E-state index contributed by atoms with van der Waals surface area (Å²) in [6.07, 6.45) is 0. The molecule has 1 aliphatic rings. The van der Waals surface area contributed by atoms with Gasteiger partial charge >= 0.3 is 6.61 Å². The minimum absolute atomic E-state index is 0. The molecule has 1 heterocycles. The number of likely N-dealkylation sites (tertiary alicyclic amines) is 1. The molecular formula is C19H31F2IN4O2. The summed E-state index contributed by atoms with van der Waals surface area (Å²) in [4.78, 5) is 6.71. The smallest absolute Gasteiger partial charge is 0.387 e. The molecule has 2 atom stereocenters. The molecule has 160 valence electrons. The van der Waals surface area contributed by atoms with Gasteiger partial charge in [0.25, 0.3) is 0 Å². The minimum atomic E-state index is -2.90. The third kappa shape index (κ3) is 6.91. The summed E-state index contributed by atoms with van der Waals surface area (Å²) in [7, 11) is 3.13. The number of alkyl halides is 2. The van der Waals surface area contributed by atoms with Gasteiger partial charge in [0, 0.05) is 38.8 Å². The molecule has 0 saturated carbocycles. The van der Waals surface area contributed by atoms with E-state index >= 15 is 0 Å². The molecule has 0 aliphatic carbocycles. The lowest BCUT2D eigenvalue weighted by atomic mass is 10.1. The highest BCUT2D eigenvalue weighted by atomic mass is 127. The fraction of sp³-hybridized carbons (Fsp3) is 0.632. The normalized spacial score (nSPS) is 20.2. The zero-order valence-electron chi connectivity index (χ0n) is 17.0. The van der Waals surface area contributed by atoms with Crippen LogP contribution in [-0.4, -0.2) is 56.8 Å². The Labute approximate surface area is 183 Å². The maximum Gasteiger partial charge on any atom is 0.387 e. The minimum Gasteiger partial charge on any atom is -0.493 e. The van der Waals surface area contributed by atoms with E-state index in [-0.39, 0.29) is 35.5 Å². The van der Waals surface area contributed by atoms with Gasteiger partial charge in [-0.15, -0.1) is 24.0 Å². The van der Waals surface area contributed by atoms with Gasteiger partial charge in [-0.1, -0.05) is 13.0 Å². The Morgan fingerprint density at radius 1 is 1.29 bits per heavy atom. The highest BCUT2D eigenvalue weighted by Crippen LogP contribution is 2.29. The van der Waals surface area contributed by atoms with Crippen molar-refractivity contribution in [3.63, 3.8) is 0 Å². The summed E-state index contributed by atoms with van der Waals surface area (Å²) in [5.41, 5.74) is 0.790. The van der Waals surface area contributed by atoms with E-state index < -0.39 is 6.61 Å². The zero-order valence-corrected chi connectivity index (χ0v) is 19.4. The van der Waals surface area contributed by atoms with Crippen LogP contribution in [-0.2, 0) is 6.54 Å². The molecule has 2 rings (SSSR count). The van der Waals surface area contributed by atoms with Crippen LogP contribution in [0.15, 0.2) is 23.2 Å². The van der Waals surface area contributed by atoms with Gasteiger partial charge in [-0.3, -0.25) is 9.89 Å². The van der Waals surface area contributed by atoms with Crippen molar-refractivity contribution in [1.29, 1.82) is 0 Å². The molecule has 1 aromatic carbocycles. The number of methoxy groups -OCH3 is 1. The van der Waals surface area contributed by atoms with Crippen molar-refractivity contribution in [3.8, 4) is 11.5 Å². The average molecular weight is 512 g/mol. The maximum atomic E-state index is 12.6. The van der Waals surface area contributed by atoms with Crippen LogP contribution in [0.25, 0.3) is 0 Å². The van der Waals surface area contributed by atoms with Gasteiger partial charge < -0.3 is 20.1 Å². The lowest BCUT2D eigenvalue weighted by molar-refractivity contribution is -0.0512. The second-order valence-corrected chi connectivity index (χ2v) is 7.07. The Morgan fingerprint density at radius 2 is 2.00 bits per heavy atom. The Balaban J connectivity index is 0.00000392. The molecule has 0 spiro atoms. The van der Waals surface area contributed by atoms with E-state index in [1.54, 1.807) is 25.2 Å². The summed E-state index contributed by atoms with van der Waals surface area (Å²) in [5, 5.41) is 6.69. The highest BCUT2D eigenvalue weighted by Gasteiger charge is 2.31. The van der Waals surface area contributed by atoms with E-state index in [4.69, 9.17) is 4.74 Å². The molecular weight excluding hydrogens is 481 g/mol. The summed E-state index contributed by atoms with van der Waals surface area (Å²) in [6.45, 7) is 6.18. The molecule has 28 heavy (non-hydrogen) atoms. The third-order valence-corrected chi connectivity index (χ3v) is 4.82. The van der Waals surface area contributed by atoms with E-state index in [2.05, 4.69) is 46.0 Å². The van der Waals surface area contributed by atoms with Crippen molar-refractivity contribution >= 4 is 29.9 Å². The van der Waals surface area contributed by atoms with Crippen LogP contribution >= 0.6 is 24.0 Å². The lowest BCUT2D eigenvalue weighted by Crippen LogP contribution is -2.46. The van der Waals surface area contributed by atoms with Gasteiger partial charge in [0.2, 0.25) is 0 Å². The SMILES string of the molecule is CN=C(NCc1ccc(OC)c(OC(F)F)c1)NC1CN(C(C)C)CC1C.I. The molecule has 1 fully saturated rings. The number of aliphatic imine (C=N–C) groups is 1. The maximum absolute atomic E-state index is 12.6. The summed E-state index contributed by atoms with van der Waals surface area (Å²) >= 11 is 0. The van der Waals surface area contributed by atoms with Gasteiger partial charge in [0.15, 0.2) is 17.5 Å². The van der Waals surface area contributed by atoms with E-state index in [1.165, 1.54) is 7.11 Å². The standard InChI is InChI=1S/C19H30F2N4O2.HI/c1-12(2)25-10-13(3)15(11-25)24-19(22-4)23-9-14-6-7-16(26-5)17(8-14)27-18(20)21;/h6-8,12-13,15,18H,9-11H2,1-5H3,(H2,22,23,24);1H. The first-order valence-corrected chi connectivity index (χ1v) is 9.17. The van der Waals surface area contributed by atoms with Crippen LogP contribution in [0.3, 0.4) is 0 Å². The monoisotopic (exact) mass is 512 g/mol. The van der Waals surface area contributed by atoms with Crippen molar-refractivity contribution in [3.05, 3.63) is 23.8 Å². The number of nitrogens with one attached hydrogen (secondary N) is 2. The molecule has 0 aromatic heterocycles. The molecule has 2 N–H and O–H groups in total. The second-order valence-electron chi connectivity index (χ2n) is 7.07. The molecule has 1 saturated heterocycles. The number of hydrogen-bond donors (Lipinski definition) is 2. The number of hydrogen-bond acceptors (Lipinski definition) is 4. The fourth-order valence-corrected chi connectivity index (χ4v) is 3.19. The fourth-order valence-electron chi connectivity index (χ4n) is 3.19. The first-order valence-electron chi connectivity index (χ1n) is 9.17. The van der Waals surface area contributed by atoms with Crippen molar-refractivity contribution in [2.45, 2.75) is 46.0 Å². The van der Waals surface area contributed by atoms with Gasteiger partial charge in [-0.05, 0) is 37.5 Å². The number of benzene rings is 1. The molecule has 6 nitrogen and oxygen atoms in total. The largest absolute Gasteiger partial charge is 0.493 e.